The highest BCUT2D eigenvalue weighted by Crippen LogP contribution is 2.34. The van der Waals surface area contributed by atoms with Gasteiger partial charge in [0.2, 0.25) is 5.91 Å². The topological polar surface area (TPSA) is 84.9 Å². The van der Waals surface area contributed by atoms with Crippen LogP contribution in [0.3, 0.4) is 0 Å². The van der Waals surface area contributed by atoms with Crippen molar-refractivity contribution in [1.82, 2.24) is 5.32 Å². The van der Waals surface area contributed by atoms with E-state index >= 15 is 0 Å². The van der Waals surface area contributed by atoms with Crippen LogP contribution in [0.1, 0.15) is 25.8 Å². The van der Waals surface area contributed by atoms with Crippen LogP contribution < -0.4 is 14.8 Å². The highest BCUT2D eigenvalue weighted by atomic mass is 127. The number of carboxylic acid groups (broad SMARTS) is 1. The van der Waals surface area contributed by atoms with Crippen LogP contribution in [0.4, 0.5) is 0 Å². The predicted octanol–water partition coefficient (Wildman–Crippen LogP) is 2.65. The van der Waals surface area contributed by atoms with Gasteiger partial charge in [-0.3, -0.25) is 4.79 Å². The third-order valence-corrected chi connectivity index (χ3v) is 3.36. The first-order valence-electron chi connectivity index (χ1n) is 6.62. The van der Waals surface area contributed by atoms with Gasteiger partial charge < -0.3 is 19.9 Å². The number of aliphatic carboxylic acids is 1. The molecule has 2 N–H and O–H groups in total. The van der Waals surface area contributed by atoms with Crippen molar-refractivity contribution in [2.45, 2.75) is 20.3 Å². The molecular weight excluding hydrogens is 401 g/mol. The average molecular weight is 419 g/mol. The summed E-state index contributed by atoms with van der Waals surface area (Å²) in [7, 11) is 1.52. The molecule has 0 aliphatic heterocycles. The van der Waals surface area contributed by atoms with Gasteiger partial charge in [-0.25, -0.2) is 4.79 Å². The van der Waals surface area contributed by atoms with Crippen molar-refractivity contribution < 1.29 is 24.2 Å². The number of carbonyl (C=O) groups is 2. The lowest BCUT2D eigenvalue weighted by atomic mass is 10.1. The quantitative estimate of drug-likeness (QED) is 0.525. The number of benzene rings is 1. The van der Waals surface area contributed by atoms with Gasteiger partial charge in [0.15, 0.2) is 11.5 Å². The van der Waals surface area contributed by atoms with Gasteiger partial charge in [0.1, 0.15) is 5.70 Å². The number of carbonyl (C=O) groups excluding carboxylic acids is 1. The van der Waals surface area contributed by atoms with E-state index in [0.29, 0.717) is 23.7 Å². The Bertz CT molecular complexity index is 598. The first-order valence-corrected chi connectivity index (χ1v) is 7.69. The number of hydrogen-bond donors (Lipinski definition) is 2. The number of amides is 1. The van der Waals surface area contributed by atoms with E-state index in [9.17, 15) is 9.59 Å². The fourth-order valence-corrected chi connectivity index (χ4v) is 2.46. The van der Waals surface area contributed by atoms with Gasteiger partial charge >= 0.3 is 5.97 Å². The molecule has 0 radical (unpaired) electrons. The zero-order valence-corrected chi connectivity index (χ0v) is 14.8. The fourth-order valence-electron chi connectivity index (χ4n) is 1.67. The smallest absolute Gasteiger partial charge is 0.352 e. The molecule has 0 spiro atoms. The second-order valence-corrected chi connectivity index (χ2v) is 5.59. The van der Waals surface area contributed by atoms with Crippen LogP contribution in [0.5, 0.6) is 11.5 Å². The number of nitrogens with one attached hydrogen (secondary N) is 1. The average Bonchev–Trinajstić information content (AvgIpc) is 2.44. The third-order valence-electron chi connectivity index (χ3n) is 2.55. The molecule has 0 aromatic heterocycles. The molecule has 0 unspecified atom stereocenters. The first-order chi connectivity index (χ1) is 10.4. The Balaban J connectivity index is 3.22. The molecule has 1 amide bonds. The highest BCUT2D eigenvalue weighted by Gasteiger charge is 2.13. The Morgan fingerprint density at radius 1 is 1.41 bits per heavy atom. The van der Waals surface area contributed by atoms with Crippen LogP contribution in [0.15, 0.2) is 17.8 Å². The maximum absolute atomic E-state index is 11.1. The van der Waals surface area contributed by atoms with Crippen LogP contribution in [0.25, 0.3) is 6.08 Å². The first kappa shape index (κ1) is 18.3. The number of carboxylic acids is 1. The van der Waals surface area contributed by atoms with Crippen molar-refractivity contribution >= 4 is 40.5 Å². The minimum Gasteiger partial charge on any atom is -0.493 e. The Hall–Kier alpha value is -1.77. The molecule has 0 aliphatic rings. The number of hydrogen-bond acceptors (Lipinski definition) is 4. The molecule has 6 nitrogen and oxygen atoms in total. The van der Waals surface area contributed by atoms with E-state index in [1.54, 1.807) is 12.1 Å². The summed E-state index contributed by atoms with van der Waals surface area (Å²) in [5, 5.41) is 11.4. The van der Waals surface area contributed by atoms with Crippen LogP contribution in [-0.4, -0.2) is 30.7 Å². The van der Waals surface area contributed by atoms with Crippen molar-refractivity contribution in [1.29, 1.82) is 0 Å². The van der Waals surface area contributed by atoms with Gasteiger partial charge in [-0.2, -0.15) is 0 Å². The zero-order valence-electron chi connectivity index (χ0n) is 12.6. The van der Waals surface area contributed by atoms with E-state index in [1.807, 2.05) is 6.92 Å². The molecule has 1 rings (SSSR count). The number of halogens is 1. The summed E-state index contributed by atoms with van der Waals surface area (Å²) < 4.78 is 11.7. The summed E-state index contributed by atoms with van der Waals surface area (Å²) in [5.41, 5.74) is 0.392. The summed E-state index contributed by atoms with van der Waals surface area (Å²) in [6.45, 7) is 3.82. The molecule has 0 aliphatic carbocycles. The van der Waals surface area contributed by atoms with E-state index < -0.39 is 11.9 Å². The minimum absolute atomic E-state index is 0.201. The standard InChI is InChI=1S/C15H18INO5/c1-4-5-22-14-11(16)6-10(8-13(14)21-3)7-12(15(19)20)17-9(2)18/h6-8H,4-5H2,1-3H3,(H,17,18)(H,19,20). The van der Waals surface area contributed by atoms with Gasteiger partial charge in [0, 0.05) is 6.92 Å². The van der Waals surface area contributed by atoms with Crippen molar-refractivity contribution in [3.8, 4) is 11.5 Å². The van der Waals surface area contributed by atoms with E-state index in [4.69, 9.17) is 14.6 Å². The SMILES string of the molecule is CCCOc1c(I)cc(C=C(NC(C)=O)C(=O)O)cc1OC. The Morgan fingerprint density at radius 3 is 2.59 bits per heavy atom. The molecule has 22 heavy (non-hydrogen) atoms. The van der Waals surface area contributed by atoms with E-state index in [0.717, 1.165) is 9.99 Å². The maximum Gasteiger partial charge on any atom is 0.352 e. The number of rotatable bonds is 7. The van der Waals surface area contributed by atoms with Crippen LogP contribution in [0.2, 0.25) is 0 Å². The third kappa shape index (κ3) is 5.21. The van der Waals surface area contributed by atoms with Gasteiger partial charge in [0.05, 0.1) is 17.3 Å². The van der Waals surface area contributed by atoms with Gasteiger partial charge in [-0.15, -0.1) is 0 Å². The molecular formula is C15H18INO5. The molecule has 0 fully saturated rings. The molecule has 7 heteroatoms. The predicted molar refractivity (Wildman–Crippen MR) is 90.9 cm³/mol. The number of methoxy groups -OCH3 is 1. The van der Waals surface area contributed by atoms with Crippen molar-refractivity contribution in [2.24, 2.45) is 0 Å². The van der Waals surface area contributed by atoms with Crippen LogP contribution in [-0.2, 0) is 9.59 Å². The zero-order chi connectivity index (χ0) is 16.7. The van der Waals surface area contributed by atoms with E-state index in [1.165, 1.54) is 20.1 Å². The van der Waals surface area contributed by atoms with Gasteiger partial charge in [0.25, 0.3) is 0 Å². The molecule has 120 valence electrons. The molecule has 0 atom stereocenters. The monoisotopic (exact) mass is 419 g/mol. The molecule has 0 saturated carbocycles. The van der Waals surface area contributed by atoms with Crippen molar-refractivity contribution in [2.75, 3.05) is 13.7 Å². The van der Waals surface area contributed by atoms with Crippen LogP contribution in [0, 0.1) is 3.57 Å². The summed E-state index contributed by atoms with van der Waals surface area (Å²) in [4.78, 5) is 22.2. The number of ether oxygens (including phenoxy) is 2. The minimum atomic E-state index is -1.21. The lowest BCUT2D eigenvalue weighted by Gasteiger charge is -2.13. The second kappa shape index (κ2) is 8.62. The van der Waals surface area contributed by atoms with E-state index in [2.05, 4.69) is 27.9 Å². The lowest BCUT2D eigenvalue weighted by molar-refractivity contribution is -0.134. The Labute approximate surface area is 142 Å². The van der Waals surface area contributed by atoms with E-state index in [-0.39, 0.29) is 5.70 Å². The summed E-state index contributed by atoms with van der Waals surface area (Å²) in [6, 6.07) is 3.43. The molecule has 0 saturated heterocycles. The van der Waals surface area contributed by atoms with Gasteiger partial charge in [-0.1, -0.05) is 6.92 Å². The van der Waals surface area contributed by atoms with Gasteiger partial charge in [-0.05, 0) is 52.8 Å². The normalized spacial score (nSPS) is 11.0. The molecule has 1 aromatic rings. The molecule has 0 heterocycles. The highest BCUT2D eigenvalue weighted by molar-refractivity contribution is 14.1. The maximum atomic E-state index is 11.1. The van der Waals surface area contributed by atoms with Crippen LogP contribution >= 0.6 is 22.6 Å². The largest absolute Gasteiger partial charge is 0.493 e. The Morgan fingerprint density at radius 2 is 2.09 bits per heavy atom. The van der Waals surface area contributed by atoms with Crippen molar-refractivity contribution in [3.63, 3.8) is 0 Å². The fraction of sp³-hybridized carbons (Fsp3) is 0.333. The summed E-state index contributed by atoms with van der Waals surface area (Å²) >= 11 is 2.10. The van der Waals surface area contributed by atoms with Crippen molar-refractivity contribution in [3.05, 3.63) is 27.0 Å². The summed E-state index contributed by atoms with van der Waals surface area (Å²) in [6.07, 6.45) is 2.24. The lowest BCUT2D eigenvalue weighted by Crippen LogP contribution is -2.24. The second-order valence-electron chi connectivity index (χ2n) is 4.43. The Kier molecular flexibility index (Phi) is 7.16. The molecule has 0 bridgehead atoms. The molecule has 1 aromatic carbocycles. The summed E-state index contributed by atoms with van der Waals surface area (Å²) in [5.74, 6) is -0.522.